The zero-order valence-corrected chi connectivity index (χ0v) is 11.8. The predicted octanol–water partition coefficient (Wildman–Crippen LogP) is 3.18. The van der Waals surface area contributed by atoms with Crippen LogP contribution in [-0.2, 0) is 13.1 Å². The third kappa shape index (κ3) is 2.30. The molecule has 0 saturated carbocycles. The molecule has 0 spiro atoms. The fraction of sp³-hybridized carbons (Fsp3) is 0.188. The SMILES string of the molecule is COc1cc(C(=O)c2ccc3c(c2)CNC3)ccc1Cl. The van der Waals surface area contributed by atoms with E-state index in [4.69, 9.17) is 16.3 Å². The monoisotopic (exact) mass is 287 g/mol. The van der Waals surface area contributed by atoms with E-state index in [1.807, 2.05) is 18.2 Å². The quantitative estimate of drug-likeness (QED) is 0.881. The van der Waals surface area contributed by atoms with Crippen molar-refractivity contribution < 1.29 is 9.53 Å². The van der Waals surface area contributed by atoms with Crippen molar-refractivity contribution in [2.75, 3.05) is 7.11 Å². The summed E-state index contributed by atoms with van der Waals surface area (Å²) in [6.07, 6.45) is 0. The van der Waals surface area contributed by atoms with Crippen LogP contribution < -0.4 is 10.1 Å². The lowest BCUT2D eigenvalue weighted by atomic mass is 9.99. The molecule has 20 heavy (non-hydrogen) atoms. The number of nitrogens with one attached hydrogen (secondary N) is 1. The third-order valence-corrected chi connectivity index (χ3v) is 3.82. The number of carbonyl (C=O) groups is 1. The minimum Gasteiger partial charge on any atom is -0.495 e. The normalized spacial score (nSPS) is 13.1. The number of ketones is 1. The lowest BCUT2D eigenvalue weighted by Gasteiger charge is -2.07. The molecule has 0 aliphatic carbocycles. The Labute approximate surface area is 122 Å². The molecule has 0 unspecified atom stereocenters. The van der Waals surface area contributed by atoms with Crippen molar-refractivity contribution in [1.29, 1.82) is 0 Å². The van der Waals surface area contributed by atoms with Gasteiger partial charge in [0.25, 0.3) is 0 Å². The Balaban J connectivity index is 1.96. The largest absolute Gasteiger partial charge is 0.495 e. The van der Waals surface area contributed by atoms with Gasteiger partial charge < -0.3 is 10.1 Å². The van der Waals surface area contributed by atoms with E-state index in [1.165, 1.54) is 18.2 Å². The first-order chi connectivity index (χ1) is 9.69. The highest BCUT2D eigenvalue weighted by Gasteiger charge is 2.15. The van der Waals surface area contributed by atoms with E-state index < -0.39 is 0 Å². The second-order valence-electron chi connectivity index (χ2n) is 4.77. The van der Waals surface area contributed by atoms with Crippen LogP contribution >= 0.6 is 11.6 Å². The zero-order valence-electron chi connectivity index (χ0n) is 11.1. The third-order valence-electron chi connectivity index (χ3n) is 3.51. The second kappa shape index (κ2) is 5.27. The standard InChI is InChI=1S/C16H14ClNO2/c1-20-15-7-11(4-5-14(15)17)16(19)10-2-3-12-8-18-9-13(12)6-10/h2-7,18H,8-9H2,1H3. The Kier molecular flexibility index (Phi) is 3.47. The Bertz CT molecular complexity index is 669. The highest BCUT2D eigenvalue weighted by Crippen LogP contribution is 2.27. The van der Waals surface area contributed by atoms with Gasteiger partial charge in [0.1, 0.15) is 5.75 Å². The molecule has 0 atom stereocenters. The number of fused-ring (bicyclic) bond motifs is 1. The summed E-state index contributed by atoms with van der Waals surface area (Å²) < 4.78 is 5.15. The molecule has 0 radical (unpaired) electrons. The highest BCUT2D eigenvalue weighted by atomic mass is 35.5. The number of carbonyl (C=O) groups excluding carboxylic acids is 1. The van der Waals surface area contributed by atoms with Gasteiger partial charge in [-0.15, -0.1) is 0 Å². The number of hydrogen-bond acceptors (Lipinski definition) is 3. The van der Waals surface area contributed by atoms with Crippen molar-refractivity contribution in [2.24, 2.45) is 0 Å². The molecule has 3 rings (SSSR count). The first-order valence-electron chi connectivity index (χ1n) is 6.40. The maximum absolute atomic E-state index is 12.5. The number of hydrogen-bond donors (Lipinski definition) is 1. The fourth-order valence-corrected chi connectivity index (χ4v) is 2.60. The molecule has 0 saturated heterocycles. The molecular weight excluding hydrogens is 274 g/mol. The van der Waals surface area contributed by atoms with E-state index >= 15 is 0 Å². The summed E-state index contributed by atoms with van der Waals surface area (Å²) in [5.41, 5.74) is 3.72. The predicted molar refractivity (Wildman–Crippen MR) is 78.4 cm³/mol. The number of halogens is 1. The Morgan fingerprint density at radius 3 is 2.60 bits per heavy atom. The van der Waals surface area contributed by atoms with E-state index in [9.17, 15) is 4.79 Å². The lowest BCUT2D eigenvalue weighted by molar-refractivity contribution is 0.103. The first-order valence-corrected chi connectivity index (χ1v) is 6.77. The average molecular weight is 288 g/mol. The number of rotatable bonds is 3. The summed E-state index contributed by atoms with van der Waals surface area (Å²) in [6, 6.07) is 10.9. The molecule has 2 aromatic carbocycles. The summed E-state index contributed by atoms with van der Waals surface area (Å²) in [6.45, 7) is 1.69. The van der Waals surface area contributed by atoms with Crippen molar-refractivity contribution in [2.45, 2.75) is 13.1 Å². The van der Waals surface area contributed by atoms with Gasteiger partial charge in [-0.05, 0) is 35.4 Å². The minimum atomic E-state index is -0.0188. The van der Waals surface area contributed by atoms with Gasteiger partial charge in [0.05, 0.1) is 12.1 Å². The molecule has 0 amide bonds. The van der Waals surface area contributed by atoms with Gasteiger partial charge in [0.2, 0.25) is 0 Å². The molecule has 2 aromatic rings. The van der Waals surface area contributed by atoms with Gasteiger partial charge in [-0.25, -0.2) is 0 Å². The van der Waals surface area contributed by atoms with Crippen LogP contribution in [0.2, 0.25) is 5.02 Å². The summed E-state index contributed by atoms with van der Waals surface area (Å²) in [5, 5.41) is 3.77. The van der Waals surface area contributed by atoms with Crippen molar-refractivity contribution in [3.63, 3.8) is 0 Å². The number of methoxy groups -OCH3 is 1. The molecular formula is C16H14ClNO2. The van der Waals surface area contributed by atoms with Crippen LogP contribution in [0.1, 0.15) is 27.0 Å². The summed E-state index contributed by atoms with van der Waals surface area (Å²) >= 11 is 5.98. The van der Waals surface area contributed by atoms with Gasteiger partial charge in [0.15, 0.2) is 5.78 Å². The van der Waals surface area contributed by atoms with Crippen LogP contribution in [0, 0.1) is 0 Å². The van der Waals surface area contributed by atoms with Gasteiger partial charge in [-0.3, -0.25) is 4.79 Å². The van der Waals surface area contributed by atoms with Crippen LogP contribution in [0.3, 0.4) is 0 Å². The summed E-state index contributed by atoms with van der Waals surface area (Å²) in [7, 11) is 1.54. The number of ether oxygens (including phenoxy) is 1. The van der Waals surface area contributed by atoms with E-state index in [0.717, 1.165) is 13.1 Å². The molecule has 1 aliphatic heterocycles. The Hall–Kier alpha value is -1.84. The van der Waals surface area contributed by atoms with E-state index in [2.05, 4.69) is 5.32 Å². The van der Waals surface area contributed by atoms with Gasteiger partial charge in [-0.2, -0.15) is 0 Å². The van der Waals surface area contributed by atoms with Gasteiger partial charge in [0, 0.05) is 24.2 Å². The van der Waals surface area contributed by atoms with Crippen LogP contribution in [0.5, 0.6) is 5.75 Å². The molecule has 1 heterocycles. The maximum atomic E-state index is 12.5. The highest BCUT2D eigenvalue weighted by molar-refractivity contribution is 6.32. The summed E-state index contributed by atoms with van der Waals surface area (Å²) in [5.74, 6) is 0.495. The summed E-state index contributed by atoms with van der Waals surface area (Å²) in [4.78, 5) is 12.5. The van der Waals surface area contributed by atoms with Crippen molar-refractivity contribution in [3.8, 4) is 5.75 Å². The average Bonchev–Trinajstić information content (AvgIpc) is 2.94. The molecule has 0 bridgehead atoms. The van der Waals surface area contributed by atoms with Crippen LogP contribution in [0.25, 0.3) is 0 Å². The van der Waals surface area contributed by atoms with Crippen LogP contribution in [0.4, 0.5) is 0 Å². The smallest absolute Gasteiger partial charge is 0.193 e. The maximum Gasteiger partial charge on any atom is 0.193 e. The van der Waals surface area contributed by atoms with E-state index in [1.54, 1.807) is 18.2 Å². The Morgan fingerprint density at radius 1 is 1.10 bits per heavy atom. The molecule has 4 heteroatoms. The zero-order chi connectivity index (χ0) is 14.1. The molecule has 1 aliphatic rings. The Morgan fingerprint density at radius 2 is 1.80 bits per heavy atom. The van der Waals surface area contributed by atoms with E-state index in [0.29, 0.717) is 21.9 Å². The lowest BCUT2D eigenvalue weighted by Crippen LogP contribution is -2.03. The fourth-order valence-electron chi connectivity index (χ4n) is 2.40. The van der Waals surface area contributed by atoms with Crippen LogP contribution in [-0.4, -0.2) is 12.9 Å². The minimum absolute atomic E-state index is 0.0188. The van der Waals surface area contributed by atoms with Gasteiger partial charge in [-0.1, -0.05) is 23.7 Å². The van der Waals surface area contributed by atoms with Crippen molar-refractivity contribution in [1.82, 2.24) is 5.32 Å². The molecule has 0 fully saturated rings. The van der Waals surface area contributed by atoms with E-state index in [-0.39, 0.29) is 5.78 Å². The van der Waals surface area contributed by atoms with Gasteiger partial charge >= 0.3 is 0 Å². The molecule has 0 aromatic heterocycles. The molecule has 3 nitrogen and oxygen atoms in total. The first kappa shape index (κ1) is 13.2. The molecule has 102 valence electrons. The van der Waals surface area contributed by atoms with Crippen molar-refractivity contribution >= 4 is 17.4 Å². The second-order valence-corrected chi connectivity index (χ2v) is 5.17. The number of benzene rings is 2. The van der Waals surface area contributed by atoms with Crippen molar-refractivity contribution in [3.05, 3.63) is 63.7 Å². The topological polar surface area (TPSA) is 38.3 Å². The van der Waals surface area contributed by atoms with Crippen LogP contribution in [0.15, 0.2) is 36.4 Å². The molecule has 1 N–H and O–H groups in total.